The lowest BCUT2D eigenvalue weighted by Gasteiger charge is -2.00. The fraction of sp³-hybridized carbons (Fsp3) is 0.200. The zero-order valence-corrected chi connectivity index (χ0v) is 8.91. The predicted octanol–water partition coefficient (Wildman–Crippen LogP) is 1.82. The van der Waals surface area contributed by atoms with Gasteiger partial charge in [-0.3, -0.25) is 0 Å². The summed E-state index contributed by atoms with van der Waals surface area (Å²) in [6.45, 7) is 0.579. The van der Waals surface area contributed by atoms with Crippen LogP contribution in [0.2, 0.25) is 0 Å². The summed E-state index contributed by atoms with van der Waals surface area (Å²) in [6.07, 6.45) is 1.34. The Morgan fingerprint density at radius 2 is 2.07 bits per heavy atom. The minimum absolute atomic E-state index is 0.579. The van der Waals surface area contributed by atoms with Crippen LogP contribution in [0, 0.1) is 0 Å². The second-order valence-electron chi connectivity index (χ2n) is 2.98. The molecule has 0 aliphatic carbocycles. The van der Waals surface area contributed by atoms with E-state index in [-0.39, 0.29) is 0 Å². The fourth-order valence-corrected chi connectivity index (χ4v) is 1.88. The van der Waals surface area contributed by atoms with Crippen molar-refractivity contribution in [1.82, 2.24) is 10.1 Å². The summed E-state index contributed by atoms with van der Waals surface area (Å²) in [5.41, 5.74) is 6.65. The van der Waals surface area contributed by atoms with E-state index in [1.807, 2.05) is 24.3 Å². The summed E-state index contributed by atoms with van der Waals surface area (Å²) in [4.78, 5) is 5.12. The largest absolute Gasteiger partial charge is 0.343 e. The van der Waals surface area contributed by atoms with E-state index in [0.29, 0.717) is 12.4 Å². The summed E-state index contributed by atoms with van der Waals surface area (Å²) in [5, 5.41) is 3.74. The zero-order valence-electron chi connectivity index (χ0n) is 8.09. The number of hydrogen-bond donors (Lipinski definition) is 1. The first-order valence-electron chi connectivity index (χ1n) is 4.55. The van der Waals surface area contributed by atoms with Crippen molar-refractivity contribution in [1.29, 1.82) is 0 Å². The van der Waals surface area contributed by atoms with E-state index < -0.39 is 0 Å². The van der Waals surface area contributed by atoms with Crippen molar-refractivity contribution in [2.24, 2.45) is 5.73 Å². The van der Waals surface area contributed by atoms with Crippen molar-refractivity contribution < 1.29 is 4.52 Å². The van der Waals surface area contributed by atoms with Crippen LogP contribution in [0.15, 0.2) is 40.1 Å². The van der Waals surface area contributed by atoms with Gasteiger partial charge in [0.05, 0.1) is 5.75 Å². The molecule has 0 saturated heterocycles. The summed E-state index contributed by atoms with van der Waals surface area (Å²) in [5.74, 6) is 1.43. The minimum Gasteiger partial charge on any atom is -0.343 e. The van der Waals surface area contributed by atoms with Crippen LogP contribution in [0.4, 0.5) is 0 Å². The highest BCUT2D eigenvalue weighted by molar-refractivity contribution is 7.98. The Balaban J connectivity index is 1.93. The topological polar surface area (TPSA) is 64.9 Å². The van der Waals surface area contributed by atoms with E-state index in [4.69, 9.17) is 5.73 Å². The molecule has 2 rings (SSSR count). The van der Waals surface area contributed by atoms with Crippen molar-refractivity contribution >= 4 is 11.8 Å². The lowest BCUT2D eigenvalue weighted by molar-refractivity contribution is 0.412. The lowest BCUT2D eigenvalue weighted by Crippen LogP contribution is -1.95. The maximum atomic E-state index is 5.51. The molecule has 0 unspecified atom stereocenters. The molecule has 0 aliphatic heterocycles. The van der Waals surface area contributed by atoms with Gasteiger partial charge in [-0.15, -0.1) is 11.8 Å². The van der Waals surface area contributed by atoms with Gasteiger partial charge >= 0.3 is 0 Å². The molecule has 0 bridgehead atoms. The van der Waals surface area contributed by atoms with E-state index >= 15 is 0 Å². The average Bonchev–Trinajstić information content (AvgIpc) is 2.80. The SMILES string of the molecule is NCc1ccc(SCc2ncon2)cc1. The summed E-state index contributed by atoms with van der Waals surface area (Å²) in [7, 11) is 0. The van der Waals surface area contributed by atoms with Crippen LogP contribution in [-0.2, 0) is 12.3 Å². The highest BCUT2D eigenvalue weighted by Gasteiger charge is 2.00. The number of benzene rings is 1. The molecule has 0 fully saturated rings. The molecule has 1 heterocycles. The van der Waals surface area contributed by atoms with Gasteiger partial charge in [-0.25, -0.2) is 0 Å². The molecule has 15 heavy (non-hydrogen) atoms. The number of nitrogens with two attached hydrogens (primary N) is 1. The van der Waals surface area contributed by atoms with Gasteiger partial charge in [0.15, 0.2) is 5.82 Å². The van der Waals surface area contributed by atoms with Gasteiger partial charge in [-0.1, -0.05) is 17.3 Å². The van der Waals surface area contributed by atoms with Crippen LogP contribution in [0.3, 0.4) is 0 Å². The zero-order chi connectivity index (χ0) is 10.5. The third-order valence-corrected chi connectivity index (χ3v) is 2.94. The normalized spacial score (nSPS) is 10.5. The van der Waals surface area contributed by atoms with E-state index in [1.54, 1.807) is 11.8 Å². The lowest BCUT2D eigenvalue weighted by atomic mass is 10.2. The number of rotatable bonds is 4. The van der Waals surface area contributed by atoms with E-state index in [0.717, 1.165) is 11.3 Å². The average molecular weight is 221 g/mol. The Hall–Kier alpha value is -1.33. The Morgan fingerprint density at radius 1 is 1.27 bits per heavy atom. The third-order valence-electron chi connectivity index (χ3n) is 1.93. The fourth-order valence-electron chi connectivity index (χ4n) is 1.13. The Bertz CT molecular complexity index is 399. The highest BCUT2D eigenvalue weighted by atomic mass is 32.2. The van der Waals surface area contributed by atoms with Crippen molar-refractivity contribution in [3.05, 3.63) is 42.0 Å². The van der Waals surface area contributed by atoms with Crippen molar-refractivity contribution in [3.63, 3.8) is 0 Å². The second-order valence-corrected chi connectivity index (χ2v) is 4.03. The molecule has 4 nitrogen and oxygen atoms in total. The van der Waals surface area contributed by atoms with Gasteiger partial charge in [-0.2, -0.15) is 4.98 Å². The van der Waals surface area contributed by atoms with Crippen LogP contribution in [0.1, 0.15) is 11.4 Å². The second kappa shape index (κ2) is 4.95. The summed E-state index contributed by atoms with van der Waals surface area (Å²) in [6, 6.07) is 8.15. The van der Waals surface area contributed by atoms with Crippen molar-refractivity contribution in [2.75, 3.05) is 0 Å². The van der Waals surface area contributed by atoms with E-state index in [9.17, 15) is 0 Å². The standard InChI is InChI=1S/C10H11N3OS/c11-5-8-1-3-9(4-2-8)15-6-10-12-7-14-13-10/h1-4,7H,5-6,11H2. The number of aromatic nitrogens is 2. The van der Waals surface area contributed by atoms with E-state index in [1.165, 1.54) is 11.3 Å². The van der Waals surface area contributed by atoms with Crippen LogP contribution in [0.25, 0.3) is 0 Å². The third kappa shape index (κ3) is 2.81. The molecule has 1 aromatic heterocycles. The number of nitrogens with zero attached hydrogens (tertiary/aromatic N) is 2. The summed E-state index contributed by atoms with van der Waals surface area (Å²) >= 11 is 1.67. The molecule has 2 N–H and O–H groups in total. The van der Waals surface area contributed by atoms with Crippen LogP contribution in [-0.4, -0.2) is 10.1 Å². The number of hydrogen-bond acceptors (Lipinski definition) is 5. The molecule has 0 saturated carbocycles. The van der Waals surface area contributed by atoms with Crippen LogP contribution in [0.5, 0.6) is 0 Å². The molecular formula is C10H11N3OS. The van der Waals surface area contributed by atoms with Gasteiger partial charge in [-0.05, 0) is 17.7 Å². The molecular weight excluding hydrogens is 210 g/mol. The smallest absolute Gasteiger partial charge is 0.213 e. The molecule has 0 aliphatic rings. The van der Waals surface area contributed by atoms with Crippen molar-refractivity contribution in [2.45, 2.75) is 17.2 Å². The van der Waals surface area contributed by atoms with Gasteiger partial charge in [0.1, 0.15) is 0 Å². The van der Waals surface area contributed by atoms with Crippen LogP contribution >= 0.6 is 11.8 Å². The summed E-state index contributed by atoms with van der Waals surface area (Å²) < 4.78 is 4.65. The molecule has 78 valence electrons. The van der Waals surface area contributed by atoms with Gasteiger partial charge in [0.2, 0.25) is 6.39 Å². The Kier molecular flexibility index (Phi) is 3.37. The Labute approximate surface area is 91.9 Å². The van der Waals surface area contributed by atoms with Gasteiger partial charge in [0, 0.05) is 11.4 Å². The van der Waals surface area contributed by atoms with Gasteiger partial charge in [0.25, 0.3) is 0 Å². The predicted molar refractivity (Wildman–Crippen MR) is 58.2 cm³/mol. The first kappa shape index (κ1) is 10.2. The highest BCUT2D eigenvalue weighted by Crippen LogP contribution is 2.21. The number of thioether (sulfide) groups is 1. The molecule has 1 aromatic carbocycles. The molecule has 0 spiro atoms. The Morgan fingerprint density at radius 3 is 2.67 bits per heavy atom. The first-order valence-corrected chi connectivity index (χ1v) is 5.54. The molecule has 5 heteroatoms. The van der Waals surface area contributed by atoms with Crippen LogP contribution < -0.4 is 5.73 Å². The van der Waals surface area contributed by atoms with E-state index in [2.05, 4.69) is 14.7 Å². The van der Waals surface area contributed by atoms with Crippen molar-refractivity contribution in [3.8, 4) is 0 Å². The maximum Gasteiger partial charge on any atom is 0.213 e. The molecule has 0 atom stereocenters. The minimum atomic E-state index is 0.579. The molecule has 2 aromatic rings. The molecule has 0 radical (unpaired) electrons. The first-order chi connectivity index (χ1) is 7.38. The molecule has 0 amide bonds. The van der Waals surface area contributed by atoms with Gasteiger partial charge < -0.3 is 10.3 Å². The monoisotopic (exact) mass is 221 g/mol. The maximum absolute atomic E-state index is 5.51. The quantitative estimate of drug-likeness (QED) is 0.798.